The molecule has 1 fully saturated rings. The highest BCUT2D eigenvalue weighted by Crippen LogP contribution is 2.16. The van der Waals surface area contributed by atoms with E-state index in [0.29, 0.717) is 19.6 Å². The molecule has 1 aromatic rings. The molecule has 5 nitrogen and oxygen atoms in total. The van der Waals surface area contributed by atoms with Crippen LogP contribution in [0.15, 0.2) is 24.3 Å². The number of morpholine rings is 1. The van der Waals surface area contributed by atoms with Crippen molar-refractivity contribution in [1.29, 1.82) is 0 Å². The largest absolute Gasteiger partial charge is 0.494 e. The molecule has 2 rings (SSSR count). The van der Waals surface area contributed by atoms with Crippen LogP contribution in [0.2, 0.25) is 0 Å². The lowest BCUT2D eigenvalue weighted by atomic mass is 10.2. The molecular weight excluding hydrogens is 256 g/mol. The highest BCUT2D eigenvalue weighted by Gasteiger charge is 2.16. The first-order chi connectivity index (χ1) is 9.78. The van der Waals surface area contributed by atoms with Crippen LogP contribution in [0.1, 0.15) is 19.8 Å². The second-order valence-corrected chi connectivity index (χ2v) is 4.85. The van der Waals surface area contributed by atoms with Crippen molar-refractivity contribution in [3.63, 3.8) is 0 Å². The Morgan fingerprint density at radius 2 is 2.25 bits per heavy atom. The van der Waals surface area contributed by atoms with Gasteiger partial charge < -0.3 is 20.1 Å². The van der Waals surface area contributed by atoms with Crippen LogP contribution in [0.4, 0.5) is 5.69 Å². The van der Waals surface area contributed by atoms with Crippen LogP contribution in [0.5, 0.6) is 5.75 Å². The van der Waals surface area contributed by atoms with Gasteiger partial charge in [0.2, 0.25) is 5.91 Å². The molecule has 20 heavy (non-hydrogen) atoms. The van der Waals surface area contributed by atoms with Gasteiger partial charge in [-0.2, -0.15) is 0 Å². The van der Waals surface area contributed by atoms with Gasteiger partial charge in [-0.25, -0.2) is 0 Å². The van der Waals surface area contributed by atoms with Crippen molar-refractivity contribution in [2.75, 3.05) is 31.7 Å². The molecule has 0 aromatic heterocycles. The van der Waals surface area contributed by atoms with E-state index >= 15 is 0 Å². The SMILES string of the molecule is CCCOc1ccc(NC(=O)CC2COCCN2)cc1. The molecule has 1 aliphatic heterocycles. The molecule has 0 radical (unpaired) electrons. The summed E-state index contributed by atoms with van der Waals surface area (Å²) in [5.74, 6) is 0.822. The van der Waals surface area contributed by atoms with Gasteiger partial charge in [0.15, 0.2) is 0 Å². The third-order valence-corrected chi connectivity index (χ3v) is 3.04. The summed E-state index contributed by atoms with van der Waals surface area (Å²) in [5.41, 5.74) is 0.788. The second-order valence-electron chi connectivity index (χ2n) is 4.85. The van der Waals surface area contributed by atoms with Crippen LogP contribution in [0.3, 0.4) is 0 Å². The van der Waals surface area contributed by atoms with Crippen molar-refractivity contribution in [3.8, 4) is 5.75 Å². The van der Waals surface area contributed by atoms with E-state index in [1.54, 1.807) is 0 Å². The van der Waals surface area contributed by atoms with Crippen LogP contribution >= 0.6 is 0 Å². The topological polar surface area (TPSA) is 59.6 Å². The van der Waals surface area contributed by atoms with E-state index in [2.05, 4.69) is 17.6 Å². The molecule has 110 valence electrons. The average molecular weight is 278 g/mol. The van der Waals surface area contributed by atoms with Gasteiger partial charge in [0.1, 0.15) is 5.75 Å². The lowest BCUT2D eigenvalue weighted by molar-refractivity contribution is -0.117. The van der Waals surface area contributed by atoms with Crippen LogP contribution in [-0.4, -0.2) is 38.3 Å². The summed E-state index contributed by atoms with van der Waals surface area (Å²) in [6.07, 6.45) is 1.41. The fourth-order valence-corrected chi connectivity index (χ4v) is 2.04. The van der Waals surface area contributed by atoms with Gasteiger partial charge in [0.05, 0.1) is 19.8 Å². The Hall–Kier alpha value is -1.59. The Kier molecular flexibility index (Phi) is 5.83. The van der Waals surface area contributed by atoms with E-state index in [9.17, 15) is 4.79 Å². The molecule has 1 atom stereocenters. The monoisotopic (exact) mass is 278 g/mol. The number of rotatable bonds is 6. The van der Waals surface area contributed by atoms with Crippen molar-refractivity contribution in [2.45, 2.75) is 25.8 Å². The molecule has 0 aliphatic carbocycles. The summed E-state index contributed by atoms with van der Waals surface area (Å²) in [4.78, 5) is 11.9. The van der Waals surface area contributed by atoms with Gasteiger partial charge in [-0.3, -0.25) is 4.79 Å². The minimum absolute atomic E-state index is 0.00442. The summed E-state index contributed by atoms with van der Waals surface area (Å²) in [7, 11) is 0. The number of nitrogens with one attached hydrogen (secondary N) is 2. The minimum Gasteiger partial charge on any atom is -0.494 e. The predicted molar refractivity (Wildman–Crippen MR) is 78.1 cm³/mol. The van der Waals surface area contributed by atoms with E-state index in [1.807, 2.05) is 24.3 Å². The smallest absolute Gasteiger partial charge is 0.226 e. The van der Waals surface area contributed by atoms with Gasteiger partial charge in [0, 0.05) is 24.7 Å². The zero-order valence-electron chi connectivity index (χ0n) is 11.9. The number of ether oxygens (including phenoxy) is 2. The second kappa shape index (κ2) is 7.87. The van der Waals surface area contributed by atoms with E-state index in [-0.39, 0.29) is 11.9 Å². The third-order valence-electron chi connectivity index (χ3n) is 3.04. The number of anilines is 1. The van der Waals surface area contributed by atoms with Crippen molar-refractivity contribution >= 4 is 11.6 Å². The molecular formula is C15H22N2O3. The quantitative estimate of drug-likeness (QED) is 0.833. The molecule has 0 spiro atoms. The number of carbonyl (C=O) groups is 1. The summed E-state index contributed by atoms with van der Waals surface area (Å²) < 4.78 is 10.8. The Balaban J connectivity index is 1.78. The lowest BCUT2D eigenvalue weighted by Gasteiger charge is -2.23. The highest BCUT2D eigenvalue weighted by molar-refractivity contribution is 5.91. The zero-order valence-corrected chi connectivity index (χ0v) is 11.9. The first-order valence-corrected chi connectivity index (χ1v) is 7.12. The van der Waals surface area contributed by atoms with Crippen LogP contribution in [0, 0.1) is 0 Å². The van der Waals surface area contributed by atoms with Gasteiger partial charge >= 0.3 is 0 Å². The Morgan fingerprint density at radius 3 is 2.90 bits per heavy atom. The molecule has 0 saturated carbocycles. The maximum Gasteiger partial charge on any atom is 0.226 e. The molecule has 1 aromatic carbocycles. The molecule has 1 amide bonds. The fraction of sp³-hybridized carbons (Fsp3) is 0.533. The molecule has 2 N–H and O–H groups in total. The zero-order chi connectivity index (χ0) is 14.2. The van der Waals surface area contributed by atoms with Crippen molar-refractivity contribution in [1.82, 2.24) is 5.32 Å². The Bertz CT molecular complexity index is 414. The number of hydrogen-bond donors (Lipinski definition) is 2. The standard InChI is InChI=1S/C15H22N2O3/c1-2-8-20-14-5-3-12(4-6-14)17-15(18)10-13-11-19-9-7-16-13/h3-6,13,16H,2,7-11H2,1H3,(H,17,18). The van der Waals surface area contributed by atoms with E-state index in [4.69, 9.17) is 9.47 Å². The summed E-state index contributed by atoms with van der Waals surface area (Å²) >= 11 is 0. The Morgan fingerprint density at radius 1 is 1.45 bits per heavy atom. The Labute approximate surface area is 119 Å². The molecule has 1 heterocycles. The predicted octanol–water partition coefficient (Wildman–Crippen LogP) is 1.79. The van der Waals surface area contributed by atoms with E-state index < -0.39 is 0 Å². The molecule has 1 aliphatic rings. The van der Waals surface area contributed by atoms with Gasteiger partial charge in [-0.1, -0.05) is 6.92 Å². The number of amides is 1. The van der Waals surface area contributed by atoms with Crippen LogP contribution < -0.4 is 15.4 Å². The third kappa shape index (κ3) is 4.83. The summed E-state index contributed by atoms with van der Waals surface area (Å²) in [6, 6.07) is 7.55. The van der Waals surface area contributed by atoms with Gasteiger partial charge in [-0.05, 0) is 30.7 Å². The van der Waals surface area contributed by atoms with Crippen molar-refractivity contribution in [2.24, 2.45) is 0 Å². The van der Waals surface area contributed by atoms with Crippen LogP contribution in [0.25, 0.3) is 0 Å². The minimum atomic E-state index is -0.00442. The van der Waals surface area contributed by atoms with E-state index in [0.717, 1.165) is 31.0 Å². The van der Waals surface area contributed by atoms with Gasteiger partial charge in [0.25, 0.3) is 0 Å². The van der Waals surface area contributed by atoms with Crippen LogP contribution in [-0.2, 0) is 9.53 Å². The summed E-state index contributed by atoms with van der Waals surface area (Å²) in [5, 5.41) is 6.14. The van der Waals surface area contributed by atoms with Gasteiger partial charge in [-0.15, -0.1) is 0 Å². The van der Waals surface area contributed by atoms with Crippen molar-refractivity contribution < 1.29 is 14.3 Å². The average Bonchev–Trinajstić information content (AvgIpc) is 2.47. The maximum atomic E-state index is 11.9. The molecule has 5 heteroatoms. The molecule has 0 bridgehead atoms. The first kappa shape index (κ1) is 14.8. The molecule has 1 unspecified atom stereocenters. The number of hydrogen-bond acceptors (Lipinski definition) is 4. The highest BCUT2D eigenvalue weighted by atomic mass is 16.5. The molecule has 1 saturated heterocycles. The fourth-order valence-electron chi connectivity index (χ4n) is 2.04. The van der Waals surface area contributed by atoms with Crippen molar-refractivity contribution in [3.05, 3.63) is 24.3 Å². The lowest BCUT2D eigenvalue weighted by Crippen LogP contribution is -2.43. The summed E-state index contributed by atoms with van der Waals surface area (Å²) in [6.45, 7) is 4.90. The van der Waals surface area contributed by atoms with E-state index in [1.165, 1.54) is 0 Å². The number of benzene rings is 1. The maximum absolute atomic E-state index is 11.9. The first-order valence-electron chi connectivity index (χ1n) is 7.12. The normalized spacial score (nSPS) is 18.6. The number of carbonyl (C=O) groups excluding carboxylic acids is 1.